The maximum absolute atomic E-state index is 6.40. The third-order valence-corrected chi connectivity index (χ3v) is 10.8. The SMILES string of the molecule is c1ccc(-c2ccc(N(c3ccc(-c4c5ccccc5cc5oc6ccccc6c45)cc3)c3cccc4sc5ccccc5c34)cc2)cc1. The third kappa shape index (κ3) is 4.55. The van der Waals surface area contributed by atoms with Gasteiger partial charge in [-0.25, -0.2) is 0 Å². The van der Waals surface area contributed by atoms with E-state index in [0.29, 0.717) is 0 Å². The molecule has 49 heavy (non-hydrogen) atoms. The summed E-state index contributed by atoms with van der Waals surface area (Å²) in [6.45, 7) is 0. The fourth-order valence-electron chi connectivity index (χ4n) is 7.43. The van der Waals surface area contributed by atoms with Crippen LogP contribution in [-0.2, 0) is 0 Å². The zero-order valence-electron chi connectivity index (χ0n) is 26.5. The van der Waals surface area contributed by atoms with E-state index in [-0.39, 0.29) is 0 Å². The van der Waals surface area contributed by atoms with E-state index >= 15 is 0 Å². The van der Waals surface area contributed by atoms with Crippen molar-refractivity contribution in [3.05, 3.63) is 176 Å². The van der Waals surface area contributed by atoms with Crippen molar-refractivity contribution in [3.63, 3.8) is 0 Å². The summed E-state index contributed by atoms with van der Waals surface area (Å²) in [6.07, 6.45) is 0. The van der Waals surface area contributed by atoms with Gasteiger partial charge in [-0.2, -0.15) is 0 Å². The summed E-state index contributed by atoms with van der Waals surface area (Å²) in [5.74, 6) is 0. The van der Waals surface area contributed by atoms with Gasteiger partial charge in [0.2, 0.25) is 0 Å². The molecule has 0 saturated heterocycles. The van der Waals surface area contributed by atoms with E-state index in [4.69, 9.17) is 4.42 Å². The van der Waals surface area contributed by atoms with Crippen LogP contribution in [-0.4, -0.2) is 0 Å². The van der Waals surface area contributed by atoms with Crippen molar-refractivity contribution in [3.8, 4) is 22.3 Å². The lowest BCUT2D eigenvalue weighted by molar-refractivity contribution is 0.669. The minimum Gasteiger partial charge on any atom is -0.456 e. The fourth-order valence-corrected chi connectivity index (χ4v) is 8.56. The van der Waals surface area contributed by atoms with Gasteiger partial charge < -0.3 is 9.32 Å². The molecule has 0 fully saturated rings. The number of para-hydroxylation sites is 1. The summed E-state index contributed by atoms with van der Waals surface area (Å²) in [5.41, 5.74) is 9.99. The van der Waals surface area contributed by atoms with Gasteiger partial charge in [-0.15, -0.1) is 11.3 Å². The molecule has 2 heterocycles. The molecule has 3 heteroatoms. The largest absolute Gasteiger partial charge is 0.456 e. The van der Waals surface area contributed by atoms with Crippen LogP contribution in [0.3, 0.4) is 0 Å². The van der Waals surface area contributed by atoms with Crippen molar-refractivity contribution in [2.45, 2.75) is 0 Å². The first kappa shape index (κ1) is 27.9. The number of benzene rings is 8. The molecule has 0 saturated carbocycles. The molecule has 0 aliphatic heterocycles. The Morgan fingerprint density at radius 3 is 1.82 bits per heavy atom. The van der Waals surface area contributed by atoms with Gasteiger partial charge in [-0.3, -0.25) is 0 Å². The van der Waals surface area contributed by atoms with Crippen molar-refractivity contribution in [1.29, 1.82) is 0 Å². The fraction of sp³-hybridized carbons (Fsp3) is 0. The van der Waals surface area contributed by atoms with Gasteiger partial charge in [0.1, 0.15) is 11.2 Å². The first-order valence-electron chi connectivity index (χ1n) is 16.6. The summed E-state index contributed by atoms with van der Waals surface area (Å²) >= 11 is 1.85. The maximum atomic E-state index is 6.40. The predicted molar refractivity (Wildman–Crippen MR) is 210 cm³/mol. The smallest absolute Gasteiger partial charge is 0.136 e. The molecule has 0 unspecified atom stereocenters. The van der Waals surface area contributed by atoms with Crippen LogP contribution < -0.4 is 4.90 Å². The van der Waals surface area contributed by atoms with Crippen LogP contribution in [0, 0.1) is 0 Å². The van der Waals surface area contributed by atoms with Crippen LogP contribution in [0.1, 0.15) is 0 Å². The lowest BCUT2D eigenvalue weighted by atomic mass is 9.93. The Bertz CT molecular complexity index is 2810. The van der Waals surface area contributed by atoms with Crippen LogP contribution in [0.25, 0.3) is 75.1 Å². The Kier molecular flexibility index (Phi) is 6.39. The standard InChI is InChI=1S/C46H29NOS/c1-2-11-30(12-3-1)31-21-25-34(26-22-31)47(39-17-10-20-43-45(39)38-16-7-9-19-42(38)49-43)35-27-23-32(24-28-35)44-36-14-5-4-13-33(36)29-41-46(44)37-15-6-8-18-40(37)48-41/h1-29H. The number of furan rings is 1. The molecule has 0 bridgehead atoms. The molecule has 0 radical (unpaired) electrons. The van der Waals surface area contributed by atoms with E-state index in [1.54, 1.807) is 0 Å². The molecule has 0 N–H and O–H groups in total. The second kappa shape index (κ2) is 11.2. The molecule has 0 spiro atoms. The second-order valence-electron chi connectivity index (χ2n) is 12.5. The van der Waals surface area contributed by atoms with Crippen molar-refractivity contribution in [2.75, 3.05) is 4.90 Å². The lowest BCUT2D eigenvalue weighted by Crippen LogP contribution is -2.10. The minimum absolute atomic E-state index is 0.909. The number of thiophene rings is 1. The van der Waals surface area contributed by atoms with Crippen LogP contribution in [0.15, 0.2) is 180 Å². The monoisotopic (exact) mass is 643 g/mol. The van der Waals surface area contributed by atoms with E-state index in [1.165, 1.54) is 53.3 Å². The van der Waals surface area contributed by atoms with Gasteiger partial charge in [-0.05, 0) is 82.1 Å². The van der Waals surface area contributed by atoms with Crippen LogP contribution in [0.2, 0.25) is 0 Å². The molecule has 0 aliphatic rings. The van der Waals surface area contributed by atoms with Gasteiger partial charge in [-0.1, -0.05) is 121 Å². The molecule has 0 atom stereocenters. The molecular formula is C46H29NOS. The predicted octanol–water partition coefficient (Wildman–Crippen LogP) is 13.9. The second-order valence-corrected chi connectivity index (χ2v) is 13.6. The molecule has 8 aromatic carbocycles. The lowest BCUT2D eigenvalue weighted by Gasteiger charge is -2.27. The number of hydrogen-bond acceptors (Lipinski definition) is 3. The van der Waals surface area contributed by atoms with Crippen molar-refractivity contribution < 1.29 is 4.42 Å². The Hall–Kier alpha value is -6.16. The van der Waals surface area contributed by atoms with Gasteiger partial charge in [0.15, 0.2) is 0 Å². The molecular weight excluding hydrogens is 615 g/mol. The summed E-state index contributed by atoms with van der Waals surface area (Å²) in [4.78, 5) is 2.41. The van der Waals surface area contributed by atoms with Gasteiger partial charge in [0, 0.05) is 47.9 Å². The average Bonchev–Trinajstić information content (AvgIpc) is 3.74. The molecule has 2 aromatic heterocycles. The summed E-state index contributed by atoms with van der Waals surface area (Å²) < 4.78 is 8.98. The van der Waals surface area contributed by atoms with E-state index in [0.717, 1.165) is 38.9 Å². The Morgan fingerprint density at radius 2 is 1.02 bits per heavy atom. The number of fused-ring (bicyclic) bond motifs is 7. The number of anilines is 3. The highest BCUT2D eigenvalue weighted by Gasteiger charge is 2.20. The number of hydrogen-bond donors (Lipinski definition) is 0. The number of nitrogens with zero attached hydrogens (tertiary/aromatic N) is 1. The van der Waals surface area contributed by atoms with Crippen molar-refractivity contribution >= 4 is 81.3 Å². The van der Waals surface area contributed by atoms with E-state index < -0.39 is 0 Å². The minimum atomic E-state index is 0.909. The molecule has 2 nitrogen and oxygen atoms in total. The average molecular weight is 644 g/mol. The quantitative estimate of drug-likeness (QED) is 0.186. The molecule has 10 rings (SSSR count). The highest BCUT2D eigenvalue weighted by molar-refractivity contribution is 7.26. The summed E-state index contributed by atoms with van der Waals surface area (Å²) in [5, 5.41) is 7.25. The Balaban J connectivity index is 1.18. The first-order chi connectivity index (χ1) is 24.3. The third-order valence-electron chi connectivity index (χ3n) is 9.66. The van der Waals surface area contributed by atoms with Crippen molar-refractivity contribution in [1.82, 2.24) is 0 Å². The molecule has 0 amide bonds. The zero-order valence-corrected chi connectivity index (χ0v) is 27.3. The highest BCUT2D eigenvalue weighted by Crippen LogP contribution is 2.46. The van der Waals surface area contributed by atoms with Crippen LogP contribution in [0.4, 0.5) is 17.1 Å². The van der Waals surface area contributed by atoms with E-state index in [1.807, 2.05) is 17.4 Å². The Labute approximate surface area is 287 Å². The molecule has 230 valence electrons. The Morgan fingerprint density at radius 1 is 0.408 bits per heavy atom. The highest BCUT2D eigenvalue weighted by atomic mass is 32.1. The normalized spacial score (nSPS) is 11.7. The number of rotatable bonds is 5. The molecule has 0 aliphatic carbocycles. The van der Waals surface area contributed by atoms with Crippen molar-refractivity contribution in [2.24, 2.45) is 0 Å². The van der Waals surface area contributed by atoms with Gasteiger partial charge >= 0.3 is 0 Å². The molecule has 10 aromatic rings. The zero-order chi connectivity index (χ0) is 32.3. The van der Waals surface area contributed by atoms with Crippen LogP contribution in [0.5, 0.6) is 0 Å². The van der Waals surface area contributed by atoms with Crippen LogP contribution >= 0.6 is 11.3 Å². The first-order valence-corrected chi connectivity index (χ1v) is 17.4. The van der Waals surface area contributed by atoms with Gasteiger partial charge in [0.25, 0.3) is 0 Å². The summed E-state index contributed by atoms with van der Waals surface area (Å²) in [6, 6.07) is 63.2. The summed E-state index contributed by atoms with van der Waals surface area (Å²) in [7, 11) is 0. The topological polar surface area (TPSA) is 16.4 Å². The van der Waals surface area contributed by atoms with E-state index in [9.17, 15) is 0 Å². The van der Waals surface area contributed by atoms with Gasteiger partial charge in [0.05, 0.1) is 5.69 Å². The van der Waals surface area contributed by atoms with E-state index in [2.05, 4.69) is 175 Å². The maximum Gasteiger partial charge on any atom is 0.136 e.